The molecule has 7 nitrogen and oxygen atoms in total. The molecule has 1 N–H and O–H groups in total. The van der Waals surface area contributed by atoms with Crippen LogP contribution in [0.15, 0.2) is 33.6 Å². The van der Waals surface area contributed by atoms with Gasteiger partial charge in [-0.25, -0.2) is 13.2 Å². The van der Waals surface area contributed by atoms with E-state index in [0.29, 0.717) is 0 Å². The van der Waals surface area contributed by atoms with E-state index in [9.17, 15) is 18.3 Å². The lowest BCUT2D eigenvalue weighted by Gasteiger charge is -2.40. The highest BCUT2D eigenvalue weighted by molar-refractivity contribution is 9.10. The van der Waals surface area contributed by atoms with Gasteiger partial charge in [0, 0.05) is 24.1 Å². The van der Waals surface area contributed by atoms with Crippen molar-refractivity contribution in [3.63, 3.8) is 0 Å². The van der Waals surface area contributed by atoms with E-state index in [-0.39, 0.29) is 31.1 Å². The first-order valence-corrected chi connectivity index (χ1v) is 10.1. The van der Waals surface area contributed by atoms with Gasteiger partial charge in [0.25, 0.3) is 0 Å². The Labute approximate surface area is 156 Å². The number of piperazine rings is 1. The molecule has 1 amide bonds. The summed E-state index contributed by atoms with van der Waals surface area (Å²) >= 11 is 3.28. The number of benzene rings is 1. The average molecular weight is 435 g/mol. The van der Waals surface area contributed by atoms with E-state index in [0.717, 1.165) is 4.47 Å². The van der Waals surface area contributed by atoms with Crippen LogP contribution < -0.4 is 0 Å². The molecule has 1 aromatic carbocycles. The summed E-state index contributed by atoms with van der Waals surface area (Å²) in [5.41, 5.74) is -0.655. The van der Waals surface area contributed by atoms with Gasteiger partial charge in [0.05, 0.1) is 17.5 Å². The third-order valence-electron chi connectivity index (χ3n) is 3.74. The molecule has 0 spiro atoms. The van der Waals surface area contributed by atoms with Crippen molar-refractivity contribution in [2.75, 3.05) is 26.2 Å². The second-order valence-corrected chi connectivity index (χ2v) is 9.68. The van der Waals surface area contributed by atoms with E-state index >= 15 is 0 Å². The number of carbonyl (C=O) groups excluding carboxylic acids is 1. The lowest BCUT2D eigenvalue weighted by atomic mass is 10.2. The van der Waals surface area contributed by atoms with Crippen LogP contribution in [0.5, 0.6) is 0 Å². The molecule has 1 atom stereocenters. The number of carbonyl (C=O) groups is 1. The van der Waals surface area contributed by atoms with Gasteiger partial charge in [-0.2, -0.15) is 4.31 Å². The third kappa shape index (κ3) is 4.93. The molecule has 0 aromatic heterocycles. The molecule has 9 heteroatoms. The third-order valence-corrected chi connectivity index (χ3v) is 6.14. The van der Waals surface area contributed by atoms with Gasteiger partial charge < -0.3 is 14.7 Å². The molecule has 0 bridgehead atoms. The van der Waals surface area contributed by atoms with E-state index in [1.165, 1.54) is 21.3 Å². The molecule has 2 rings (SSSR count). The van der Waals surface area contributed by atoms with Crippen molar-refractivity contribution >= 4 is 32.0 Å². The maximum absolute atomic E-state index is 12.8. The summed E-state index contributed by atoms with van der Waals surface area (Å²) in [6, 6.07) is 5.72. The minimum atomic E-state index is -3.68. The number of amides is 1. The van der Waals surface area contributed by atoms with Crippen LogP contribution in [0.4, 0.5) is 4.79 Å². The minimum Gasteiger partial charge on any atom is -0.444 e. The molecule has 140 valence electrons. The molecule has 1 aromatic rings. The highest BCUT2D eigenvalue weighted by Gasteiger charge is 2.37. The van der Waals surface area contributed by atoms with E-state index in [2.05, 4.69) is 15.9 Å². The molecule has 1 unspecified atom stereocenters. The second-order valence-electron chi connectivity index (χ2n) is 6.83. The maximum atomic E-state index is 12.8. The van der Waals surface area contributed by atoms with Crippen molar-refractivity contribution < 1.29 is 23.1 Å². The van der Waals surface area contributed by atoms with E-state index in [1.54, 1.807) is 32.9 Å². The normalized spacial score (nSPS) is 19.7. The Kier molecular flexibility index (Phi) is 6.13. The van der Waals surface area contributed by atoms with Crippen LogP contribution in [0.1, 0.15) is 20.8 Å². The summed E-state index contributed by atoms with van der Waals surface area (Å²) in [5.74, 6) is 0. The number of sulfonamides is 1. The summed E-state index contributed by atoms with van der Waals surface area (Å²) in [4.78, 5) is 13.8. The van der Waals surface area contributed by atoms with Crippen molar-refractivity contribution in [3.8, 4) is 0 Å². The molecule has 1 saturated heterocycles. The summed E-state index contributed by atoms with van der Waals surface area (Å²) in [7, 11) is -3.68. The fourth-order valence-electron chi connectivity index (χ4n) is 2.52. The predicted molar refractivity (Wildman–Crippen MR) is 96.7 cm³/mol. The SMILES string of the molecule is CC(C)(C)OC(=O)N1CCN(S(=O)(=O)c2ccc(Br)cc2)CC1CO. The van der Waals surface area contributed by atoms with Crippen LogP contribution in [-0.2, 0) is 14.8 Å². The van der Waals surface area contributed by atoms with E-state index < -0.39 is 27.8 Å². The van der Waals surface area contributed by atoms with Gasteiger partial charge >= 0.3 is 6.09 Å². The van der Waals surface area contributed by atoms with Gasteiger partial charge in [0.1, 0.15) is 5.60 Å². The smallest absolute Gasteiger partial charge is 0.410 e. The number of ether oxygens (including phenoxy) is 1. The first-order valence-electron chi connectivity index (χ1n) is 7.91. The molecular weight excluding hydrogens is 412 g/mol. The summed E-state index contributed by atoms with van der Waals surface area (Å²) in [5, 5.41) is 9.62. The van der Waals surface area contributed by atoms with Crippen LogP contribution >= 0.6 is 15.9 Å². The molecule has 0 radical (unpaired) electrons. The Morgan fingerprint density at radius 2 is 1.88 bits per heavy atom. The highest BCUT2D eigenvalue weighted by Crippen LogP contribution is 2.23. The van der Waals surface area contributed by atoms with Crippen molar-refractivity contribution in [3.05, 3.63) is 28.7 Å². The largest absolute Gasteiger partial charge is 0.444 e. The quantitative estimate of drug-likeness (QED) is 0.786. The number of rotatable bonds is 3. The summed E-state index contributed by atoms with van der Waals surface area (Å²) in [6.45, 7) is 5.26. The molecule has 25 heavy (non-hydrogen) atoms. The summed E-state index contributed by atoms with van der Waals surface area (Å²) in [6.07, 6.45) is -0.549. The van der Waals surface area contributed by atoms with Gasteiger partial charge in [-0.05, 0) is 45.0 Å². The van der Waals surface area contributed by atoms with Crippen LogP contribution in [0.2, 0.25) is 0 Å². The number of aliphatic hydroxyl groups is 1. The molecule has 0 saturated carbocycles. The predicted octanol–water partition coefficient (Wildman–Crippen LogP) is 2.05. The molecule has 1 aliphatic heterocycles. The number of halogens is 1. The first kappa shape index (κ1) is 20.2. The zero-order chi connectivity index (χ0) is 18.8. The van der Waals surface area contributed by atoms with Gasteiger partial charge in [-0.3, -0.25) is 0 Å². The van der Waals surface area contributed by atoms with Crippen molar-refractivity contribution in [2.45, 2.75) is 37.3 Å². The monoisotopic (exact) mass is 434 g/mol. The van der Waals surface area contributed by atoms with Gasteiger partial charge in [0.2, 0.25) is 10.0 Å². The van der Waals surface area contributed by atoms with Crippen molar-refractivity contribution in [2.24, 2.45) is 0 Å². The first-order chi connectivity index (χ1) is 11.5. The van der Waals surface area contributed by atoms with Gasteiger partial charge in [-0.1, -0.05) is 15.9 Å². The number of aliphatic hydroxyl groups excluding tert-OH is 1. The Morgan fingerprint density at radius 3 is 2.40 bits per heavy atom. The molecular formula is C16H23BrN2O5S. The second kappa shape index (κ2) is 7.61. The van der Waals surface area contributed by atoms with Crippen LogP contribution in [0.25, 0.3) is 0 Å². The molecule has 0 aliphatic carbocycles. The standard InChI is InChI=1S/C16H23BrN2O5S/c1-16(2,3)24-15(21)19-9-8-18(10-13(19)11-20)25(22,23)14-6-4-12(17)5-7-14/h4-7,13,20H,8-11H2,1-3H3. The van der Waals surface area contributed by atoms with Crippen LogP contribution in [0, 0.1) is 0 Å². The lowest BCUT2D eigenvalue weighted by Crippen LogP contribution is -2.58. The Balaban J connectivity index is 2.15. The van der Waals surface area contributed by atoms with E-state index in [4.69, 9.17) is 4.74 Å². The average Bonchev–Trinajstić information content (AvgIpc) is 2.53. The lowest BCUT2D eigenvalue weighted by molar-refractivity contribution is -0.00256. The maximum Gasteiger partial charge on any atom is 0.410 e. The summed E-state index contributed by atoms with van der Waals surface area (Å²) < 4.78 is 32.9. The number of nitrogens with zero attached hydrogens (tertiary/aromatic N) is 2. The van der Waals surface area contributed by atoms with Gasteiger partial charge in [0.15, 0.2) is 0 Å². The highest BCUT2D eigenvalue weighted by atomic mass is 79.9. The number of hydrogen-bond donors (Lipinski definition) is 1. The fourth-order valence-corrected chi connectivity index (χ4v) is 4.25. The Bertz CT molecular complexity index is 715. The molecule has 1 fully saturated rings. The minimum absolute atomic E-state index is 0.0220. The topological polar surface area (TPSA) is 87.2 Å². The Hall–Kier alpha value is -1.16. The zero-order valence-electron chi connectivity index (χ0n) is 14.5. The van der Waals surface area contributed by atoms with Crippen molar-refractivity contribution in [1.29, 1.82) is 0 Å². The Morgan fingerprint density at radius 1 is 1.28 bits per heavy atom. The van der Waals surface area contributed by atoms with Gasteiger partial charge in [-0.15, -0.1) is 0 Å². The van der Waals surface area contributed by atoms with Crippen LogP contribution in [0.3, 0.4) is 0 Å². The fraction of sp³-hybridized carbons (Fsp3) is 0.562. The number of hydrogen-bond acceptors (Lipinski definition) is 5. The van der Waals surface area contributed by atoms with Crippen molar-refractivity contribution in [1.82, 2.24) is 9.21 Å². The molecule has 1 aliphatic rings. The molecule has 1 heterocycles. The van der Waals surface area contributed by atoms with E-state index in [1.807, 2.05) is 0 Å². The zero-order valence-corrected chi connectivity index (χ0v) is 16.9. The van der Waals surface area contributed by atoms with Crippen LogP contribution in [-0.4, -0.2) is 66.7 Å².